The normalized spacial score (nSPS) is 11.8. The van der Waals surface area contributed by atoms with Crippen molar-refractivity contribution in [3.63, 3.8) is 0 Å². The van der Waals surface area contributed by atoms with Gasteiger partial charge in [0.2, 0.25) is 0 Å². The molecular formula is C29H60O4SSi. The van der Waals surface area contributed by atoms with Gasteiger partial charge < -0.3 is 13.3 Å². The van der Waals surface area contributed by atoms with E-state index in [1.807, 2.05) is 13.8 Å². The Morgan fingerprint density at radius 2 is 0.971 bits per heavy atom. The number of carbonyl (C=O) groups excluding carboxylic acids is 1. The Balaban J connectivity index is 3.86. The summed E-state index contributed by atoms with van der Waals surface area (Å²) in [5.74, 6) is 0.816. The monoisotopic (exact) mass is 532 g/mol. The van der Waals surface area contributed by atoms with E-state index in [0.717, 1.165) is 43.9 Å². The van der Waals surface area contributed by atoms with Gasteiger partial charge in [0.15, 0.2) is 0 Å². The van der Waals surface area contributed by atoms with E-state index >= 15 is 0 Å². The van der Waals surface area contributed by atoms with Crippen molar-refractivity contribution in [2.75, 3.05) is 19.0 Å². The second kappa shape index (κ2) is 27.0. The van der Waals surface area contributed by atoms with Crippen molar-refractivity contribution < 1.29 is 18.1 Å². The highest BCUT2D eigenvalue weighted by molar-refractivity contribution is 7.80. The van der Waals surface area contributed by atoms with Gasteiger partial charge in [-0.25, -0.2) is 0 Å². The van der Waals surface area contributed by atoms with Gasteiger partial charge in [0.1, 0.15) is 0 Å². The Morgan fingerprint density at radius 1 is 0.571 bits per heavy atom. The van der Waals surface area contributed by atoms with Crippen LogP contribution >= 0.6 is 12.6 Å². The summed E-state index contributed by atoms with van der Waals surface area (Å²) < 4.78 is 17.8. The van der Waals surface area contributed by atoms with Crippen LogP contribution in [0.3, 0.4) is 0 Å². The van der Waals surface area contributed by atoms with E-state index in [2.05, 4.69) is 19.6 Å². The van der Waals surface area contributed by atoms with Crippen LogP contribution in [0.1, 0.15) is 156 Å². The van der Waals surface area contributed by atoms with E-state index in [9.17, 15) is 4.79 Å². The predicted molar refractivity (Wildman–Crippen MR) is 156 cm³/mol. The van der Waals surface area contributed by atoms with Gasteiger partial charge in [-0.1, -0.05) is 116 Å². The summed E-state index contributed by atoms with van der Waals surface area (Å²) >= 11 is 4.27. The zero-order valence-corrected chi connectivity index (χ0v) is 25.7. The predicted octanol–water partition coefficient (Wildman–Crippen LogP) is 9.68. The molecule has 0 bridgehead atoms. The summed E-state index contributed by atoms with van der Waals surface area (Å²) in [6.07, 6.45) is 26.0. The molecule has 0 amide bonds. The average molecular weight is 533 g/mol. The van der Waals surface area contributed by atoms with Crippen LogP contribution in [0.4, 0.5) is 0 Å². The average Bonchev–Trinajstić information content (AvgIpc) is 2.84. The summed E-state index contributed by atoms with van der Waals surface area (Å²) in [5, 5.41) is 0. The van der Waals surface area contributed by atoms with E-state index in [0.29, 0.717) is 19.6 Å². The zero-order chi connectivity index (χ0) is 25.9. The van der Waals surface area contributed by atoms with Crippen LogP contribution < -0.4 is 0 Å². The Hall–Kier alpha value is -0.0431. The highest BCUT2D eigenvalue weighted by Gasteiger charge is 2.43. The number of unbranched alkanes of at least 4 members (excludes halogenated alkanes) is 18. The molecular weight excluding hydrogens is 472 g/mol. The van der Waals surface area contributed by atoms with Crippen LogP contribution in [-0.2, 0) is 18.1 Å². The van der Waals surface area contributed by atoms with E-state index in [4.69, 9.17) is 13.3 Å². The molecule has 0 fully saturated rings. The van der Waals surface area contributed by atoms with Crippen molar-refractivity contribution in [3.8, 4) is 0 Å². The van der Waals surface area contributed by atoms with Crippen molar-refractivity contribution >= 4 is 27.4 Å². The molecule has 0 aromatic heterocycles. The lowest BCUT2D eigenvalue weighted by molar-refractivity contribution is -0.139. The van der Waals surface area contributed by atoms with Gasteiger partial charge in [0.05, 0.1) is 0 Å². The first kappa shape index (κ1) is 35.0. The van der Waals surface area contributed by atoms with Gasteiger partial charge in [-0.05, 0) is 38.9 Å². The van der Waals surface area contributed by atoms with Crippen LogP contribution in [0, 0.1) is 0 Å². The van der Waals surface area contributed by atoms with Gasteiger partial charge in [0, 0.05) is 25.7 Å². The first-order chi connectivity index (χ1) is 17.1. The largest absolute Gasteiger partial charge is 0.567 e. The highest BCUT2D eigenvalue weighted by Crippen LogP contribution is 2.22. The lowest BCUT2D eigenvalue weighted by Crippen LogP contribution is -2.47. The van der Waals surface area contributed by atoms with Crippen molar-refractivity contribution in [2.45, 2.75) is 162 Å². The van der Waals surface area contributed by atoms with Crippen molar-refractivity contribution in [1.29, 1.82) is 0 Å². The fraction of sp³-hybridized carbons (Fsp3) is 0.966. The molecule has 0 aliphatic heterocycles. The third kappa shape index (κ3) is 22.9. The Bertz CT molecular complexity index is 444. The topological polar surface area (TPSA) is 44.8 Å². The minimum absolute atomic E-state index is 0.136. The maximum Gasteiger partial charge on any atom is 0.567 e. The minimum Gasteiger partial charge on any atom is -0.473 e. The van der Waals surface area contributed by atoms with Crippen LogP contribution in [0.2, 0.25) is 6.04 Å². The number of carbonyl (C=O) groups is 1. The Morgan fingerprint density at radius 3 is 1.40 bits per heavy atom. The van der Waals surface area contributed by atoms with Crippen molar-refractivity contribution in [2.24, 2.45) is 0 Å². The summed E-state index contributed by atoms with van der Waals surface area (Å²) in [6, 6.07) is 0.736. The Kier molecular flexibility index (Phi) is 27.0. The van der Waals surface area contributed by atoms with Crippen LogP contribution in [-0.4, -0.2) is 33.7 Å². The van der Waals surface area contributed by atoms with Gasteiger partial charge in [0.25, 0.3) is 5.97 Å². The van der Waals surface area contributed by atoms with Crippen LogP contribution in [0.25, 0.3) is 0 Å². The lowest BCUT2D eigenvalue weighted by Gasteiger charge is -2.28. The van der Waals surface area contributed by atoms with E-state index in [1.54, 1.807) is 0 Å². The fourth-order valence-electron chi connectivity index (χ4n) is 4.58. The molecule has 0 spiro atoms. The van der Waals surface area contributed by atoms with Gasteiger partial charge >= 0.3 is 8.80 Å². The van der Waals surface area contributed by atoms with E-state index in [1.165, 1.54) is 96.3 Å². The van der Waals surface area contributed by atoms with Gasteiger partial charge in [-0.15, -0.1) is 0 Å². The molecule has 210 valence electrons. The molecule has 0 aliphatic rings. The standard InChI is InChI=1S/C29H60O4SSi/c1-4-7-8-9-10-11-12-13-14-15-16-17-18-20-23-26-29(30)33-35(31-5-2,32-6-3)28-25-22-19-21-24-27-34/h34H,4-28H2,1-3H3. The summed E-state index contributed by atoms with van der Waals surface area (Å²) in [4.78, 5) is 12.6. The summed E-state index contributed by atoms with van der Waals surface area (Å²) in [7, 11) is -2.90. The number of thiol groups is 1. The molecule has 0 aliphatic carbocycles. The third-order valence-corrected chi connectivity index (χ3v) is 9.90. The fourth-order valence-corrected chi connectivity index (χ4v) is 7.41. The summed E-state index contributed by atoms with van der Waals surface area (Å²) in [5.41, 5.74) is 0. The van der Waals surface area contributed by atoms with Crippen LogP contribution in [0.15, 0.2) is 0 Å². The van der Waals surface area contributed by atoms with Crippen molar-refractivity contribution in [3.05, 3.63) is 0 Å². The number of hydrogen-bond acceptors (Lipinski definition) is 5. The zero-order valence-electron chi connectivity index (χ0n) is 23.8. The molecule has 4 nitrogen and oxygen atoms in total. The van der Waals surface area contributed by atoms with Crippen LogP contribution in [0.5, 0.6) is 0 Å². The second-order valence-corrected chi connectivity index (χ2v) is 13.1. The Labute approximate surface area is 225 Å². The molecule has 6 heteroatoms. The molecule has 0 aromatic carbocycles. The molecule has 0 saturated carbocycles. The first-order valence-corrected chi connectivity index (χ1v) is 17.8. The van der Waals surface area contributed by atoms with E-state index in [-0.39, 0.29) is 5.97 Å². The number of hydrogen-bond donors (Lipinski definition) is 1. The minimum atomic E-state index is -2.90. The molecule has 0 radical (unpaired) electrons. The molecule has 0 unspecified atom stereocenters. The van der Waals surface area contributed by atoms with Gasteiger partial charge in [-0.3, -0.25) is 4.79 Å². The first-order valence-electron chi connectivity index (χ1n) is 15.2. The molecule has 35 heavy (non-hydrogen) atoms. The maximum atomic E-state index is 12.6. The lowest BCUT2D eigenvalue weighted by atomic mass is 10.0. The van der Waals surface area contributed by atoms with Crippen molar-refractivity contribution in [1.82, 2.24) is 0 Å². The third-order valence-electron chi connectivity index (χ3n) is 6.62. The second-order valence-electron chi connectivity index (χ2n) is 9.96. The SMILES string of the molecule is CCCCCCCCCCCCCCCCCC(=O)O[Si](CCCCCCCS)(OCC)OCC. The maximum absolute atomic E-state index is 12.6. The molecule has 0 rings (SSSR count). The highest BCUT2D eigenvalue weighted by atomic mass is 32.1. The molecule has 0 saturated heterocycles. The molecule has 0 aromatic rings. The smallest absolute Gasteiger partial charge is 0.473 e. The molecule has 0 N–H and O–H groups in total. The summed E-state index contributed by atoms with van der Waals surface area (Å²) in [6.45, 7) is 7.24. The molecule has 0 atom stereocenters. The van der Waals surface area contributed by atoms with Gasteiger partial charge in [-0.2, -0.15) is 12.6 Å². The van der Waals surface area contributed by atoms with E-state index < -0.39 is 8.80 Å². The quantitative estimate of drug-likeness (QED) is 0.0618. The number of rotatable bonds is 28. The molecule has 0 heterocycles.